The van der Waals surface area contributed by atoms with Crippen LogP contribution in [0.2, 0.25) is 0 Å². The summed E-state index contributed by atoms with van der Waals surface area (Å²) >= 11 is 0. The van der Waals surface area contributed by atoms with Crippen molar-refractivity contribution < 1.29 is 9.90 Å². The van der Waals surface area contributed by atoms with Gasteiger partial charge in [0.2, 0.25) is 5.91 Å². The van der Waals surface area contributed by atoms with Gasteiger partial charge >= 0.3 is 0 Å². The number of nitrogens with one attached hydrogen (secondary N) is 1. The lowest BCUT2D eigenvalue weighted by atomic mass is 9.98. The molecule has 0 spiro atoms. The van der Waals surface area contributed by atoms with Crippen LogP contribution < -0.4 is 5.32 Å². The minimum Gasteiger partial charge on any atom is -0.394 e. The first kappa shape index (κ1) is 24.9. The van der Waals surface area contributed by atoms with Gasteiger partial charge in [-0.05, 0) is 64.4 Å². The molecule has 3 nitrogen and oxygen atoms in total. The Morgan fingerprint density at radius 2 is 1.83 bits per heavy atom. The SMILES string of the molecule is CC(=CCC=C(C)C(=O)N[C@@H](C)CO)CCC[C@@H](C)CC=CCc1ccccc1. The van der Waals surface area contributed by atoms with Crippen molar-refractivity contribution in [3.05, 3.63) is 71.3 Å². The van der Waals surface area contributed by atoms with E-state index in [1.807, 2.05) is 13.0 Å². The number of rotatable bonds is 13. The van der Waals surface area contributed by atoms with Crippen molar-refractivity contribution in [2.24, 2.45) is 5.92 Å². The summed E-state index contributed by atoms with van der Waals surface area (Å²) in [5, 5.41) is 11.8. The zero-order valence-electron chi connectivity index (χ0n) is 18.7. The number of aliphatic hydroxyl groups excluding tert-OH is 1. The molecule has 0 aromatic heterocycles. The Morgan fingerprint density at radius 1 is 1.10 bits per heavy atom. The summed E-state index contributed by atoms with van der Waals surface area (Å²) < 4.78 is 0. The van der Waals surface area contributed by atoms with E-state index in [0.717, 1.165) is 25.7 Å². The Bertz CT molecular complexity index is 673. The van der Waals surface area contributed by atoms with Crippen molar-refractivity contribution >= 4 is 5.91 Å². The second-order valence-corrected chi connectivity index (χ2v) is 8.12. The standard InChI is InChI=1S/C26H39NO2/c1-21(12-8-9-19-25-17-6-5-7-18-25)13-10-14-22(2)15-11-16-23(3)26(29)27-24(4)20-28/h5-9,15-18,21,24,28H,10-14,19-20H2,1-4H3,(H,27,29)/t21-,24-/m0/s1. The highest BCUT2D eigenvalue weighted by molar-refractivity contribution is 5.92. The van der Waals surface area contributed by atoms with Crippen LogP contribution in [-0.2, 0) is 11.2 Å². The maximum Gasteiger partial charge on any atom is 0.246 e. The van der Waals surface area contributed by atoms with Gasteiger partial charge in [-0.15, -0.1) is 0 Å². The van der Waals surface area contributed by atoms with E-state index < -0.39 is 0 Å². The minimum atomic E-state index is -0.210. The average molecular weight is 398 g/mol. The summed E-state index contributed by atoms with van der Waals surface area (Å²) in [6.45, 7) is 8.05. The molecule has 1 rings (SSSR count). The van der Waals surface area contributed by atoms with Crippen LogP contribution in [-0.4, -0.2) is 23.7 Å². The van der Waals surface area contributed by atoms with Crippen LogP contribution in [0.1, 0.15) is 65.4 Å². The summed E-state index contributed by atoms with van der Waals surface area (Å²) in [6.07, 6.45) is 15.2. The largest absolute Gasteiger partial charge is 0.394 e. The minimum absolute atomic E-state index is 0.0424. The maximum absolute atomic E-state index is 11.9. The van der Waals surface area contributed by atoms with E-state index in [0.29, 0.717) is 11.5 Å². The number of benzene rings is 1. The normalized spacial score (nSPS) is 14.8. The first-order valence-corrected chi connectivity index (χ1v) is 10.8. The summed E-state index contributed by atoms with van der Waals surface area (Å²) in [6, 6.07) is 10.4. The molecular formula is C26H39NO2. The highest BCUT2D eigenvalue weighted by Gasteiger charge is 2.07. The van der Waals surface area contributed by atoms with Crippen molar-refractivity contribution in [3.63, 3.8) is 0 Å². The van der Waals surface area contributed by atoms with Gasteiger partial charge in [0.1, 0.15) is 0 Å². The second-order valence-electron chi connectivity index (χ2n) is 8.12. The maximum atomic E-state index is 11.9. The number of amides is 1. The van der Waals surface area contributed by atoms with E-state index in [-0.39, 0.29) is 18.6 Å². The van der Waals surface area contributed by atoms with Gasteiger partial charge in [-0.2, -0.15) is 0 Å². The summed E-state index contributed by atoms with van der Waals surface area (Å²) in [5.41, 5.74) is 3.44. The molecule has 0 fully saturated rings. The Kier molecular flexibility index (Phi) is 12.7. The molecule has 0 saturated carbocycles. The van der Waals surface area contributed by atoms with Crippen molar-refractivity contribution in [3.8, 4) is 0 Å². The molecule has 3 heteroatoms. The van der Waals surface area contributed by atoms with Gasteiger partial charge in [0.05, 0.1) is 6.61 Å². The van der Waals surface area contributed by atoms with E-state index in [4.69, 9.17) is 5.11 Å². The van der Waals surface area contributed by atoms with Crippen molar-refractivity contribution in [2.45, 2.75) is 72.3 Å². The molecule has 160 valence electrons. The van der Waals surface area contributed by atoms with Crippen LogP contribution in [0.3, 0.4) is 0 Å². The fourth-order valence-corrected chi connectivity index (χ4v) is 3.02. The van der Waals surface area contributed by atoms with E-state index in [9.17, 15) is 4.79 Å². The first-order chi connectivity index (χ1) is 13.9. The molecule has 0 unspecified atom stereocenters. The van der Waals surface area contributed by atoms with Crippen LogP contribution in [0.5, 0.6) is 0 Å². The monoisotopic (exact) mass is 397 g/mol. The van der Waals surface area contributed by atoms with Crippen molar-refractivity contribution in [2.75, 3.05) is 6.61 Å². The third kappa shape index (κ3) is 12.1. The Balaban J connectivity index is 2.22. The molecule has 2 N–H and O–H groups in total. The van der Waals surface area contributed by atoms with Gasteiger partial charge < -0.3 is 10.4 Å². The van der Waals surface area contributed by atoms with Crippen LogP contribution in [0, 0.1) is 5.92 Å². The number of allylic oxidation sites excluding steroid dienone is 5. The highest BCUT2D eigenvalue weighted by Crippen LogP contribution is 2.16. The number of aliphatic hydroxyl groups is 1. The van der Waals surface area contributed by atoms with E-state index >= 15 is 0 Å². The Hall–Kier alpha value is -2.13. The number of hydrogen-bond donors (Lipinski definition) is 2. The fourth-order valence-electron chi connectivity index (χ4n) is 3.02. The van der Waals surface area contributed by atoms with E-state index in [2.05, 4.69) is 67.7 Å². The van der Waals surface area contributed by atoms with Crippen LogP contribution in [0.25, 0.3) is 0 Å². The summed E-state index contributed by atoms with van der Waals surface area (Å²) in [4.78, 5) is 11.9. The third-order valence-corrected chi connectivity index (χ3v) is 5.07. The Labute approximate surface area is 177 Å². The van der Waals surface area contributed by atoms with E-state index in [1.165, 1.54) is 24.0 Å². The topological polar surface area (TPSA) is 49.3 Å². The third-order valence-electron chi connectivity index (χ3n) is 5.07. The molecule has 1 aromatic rings. The van der Waals surface area contributed by atoms with Crippen molar-refractivity contribution in [1.82, 2.24) is 5.32 Å². The van der Waals surface area contributed by atoms with Crippen molar-refractivity contribution in [1.29, 1.82) is 0 Å². The predicted molar refractivity (Wildman–Crippen MR) is 124 cm³/mol. The van der Waals surface area contributed by atoms with Gasteiger partial charge in [-0.1, -0.05) is 73.6 Å². The number of carbonyl (C=O) groups excluding carboxylic acids is 1. The molecule has 0 saturated heterocycles. The lowest BCUT2D eigenvalue weighted by molar-refractivity contribution is -0.118. The van der Waals surface area contributed by atoms with Crippen LogP contribution in [0.15, 0.2) is 65.8 Å². The predicted octanol–water partition coefficient (Wildman–Crippen LogP) is 5.76. The molecule has 0 aliphatic rings. The van der Waals surface area contributed by atoms with E-state index in [1.54, 1.807) is 6.92 Å². The molecule has 29 heavy (non-hydrogen) atoms. The zero-order valence-corrected chi connectivity index (χ0v) is 18.7. The molecule has 1 amide bonds. The quantitative estimate of drug-likeness (QED) is 0.328. The summed E-state index contributed by atoms with van der Waals surface area (Å²) in [7, 11) is 0. The Morgan fingerprint density at radius 3 is 2.52 bits per heavy atom. The zero-order chi connectivity index (χ0) is 21.5. The molecular weight excluding hydrogens is 358 g/mol. The second kappa shape index (κ2) is 14.8. The lowest BCUT2D eigenvalue weighted by Crippen LogP contribution is -2.35. The number of hydrogen-bond acceptors (Lipinski definition) is 2. The molecule has 0 aliphatic carbocycles. The van der Waals surface area contributed by atoms with Crippen LogP contribution >= 0.6 is 0 Å². The summed E-state index contributed by atoms with van der Waals surface area (Å²) in [5.74, 6) is 0.598. The van der Waals surface area contributed by atoms with Gasteiger partial charge in [0.15, 0.2) is 0 Å². The molecule has 0 aliphatic heterocycles. The van der Waals surface area contributed by atoms with Gasteiger partial charge in [-0.3, -0.25) is 4.79 Å². The van der Waals surface area contributed by atoms with Gasteiger partial charge in [0, 0.05) is 11.6 Å². The molecule has 0 bridgehead atoms. The molecule has 0 radical (unpaired) electrons. The highest BCUT2D eigenvalue weighted by atomic mass is 16.3. The molecule has 1 aromatic carbocycles. The fraction of sp³-hybridized carbons (Fsp3) is 0.500. The lowest BCUT2D eigenvalue weighted by Gasteiger charge is -2.10. The molecule has 2 atom stereocenters. The first-order valence-electron chi connectivity index (χ1n) is 10.8. The smallest absolute Gasteiger partial charge is 0.246 e. The molecule has 0 heterocycles. The number of carbonyl (C=O) groups is 1. The van der Waals surface area contributed by atoms with Crippen LogP contribution in [0.4, 0.5) is 0 Å². The van der Waals surface area contributed by atoms with Gasteiger partial charge in [-0.25, -0.2) is 0 Å². The average Bonchev–Trinajstić information content (AvgIpc) is 2.71. The van der Waals surface area contributed by atoms with Gasteiger partial charge in [0.25, 0.3) is 0 Å².